The fourth-order valence-electron chi connectivity index (χ4n) is 1.84. The summed E-state index contributed by atoms with van der Waals surface area (Å²) in [7, 11) is 0. The van der Waals surface area contributed by atoms with Crippen molar-refractivity contribution in [2.75, 3.05) is 0 Å². The van der Waals surface area contributed by atoms with Gasteiger partial charge in [0.1, 0.15) is 12.4 Å². The van der Waals surface area contributed by atoms with Crippen molar-refractivity contribution in [2.24, 2.45) is 0 Å². The van der Waals surface area contributed by atoms with Crippen LogP contribution in [0.4, 0.5) is 0 Å². The van der Waals surface area contributed by atoms with Gasteiger partial charge in [-0.15, -0.1) is 0 Å². The number of benzene rings is 2. The molecule has 0 unspecified atom stereocenters. The lowest BCUT2D eigenvalue weighted by molar-refractivity contribution is -0.131. The second-order valence-electron chi connectivity index (χ2n) is 4.47. The van der Waals surface area contributed by atoms with E-state index in [9.17, 15) is 4.79 Å². The number of aliphatic carboxylic acids is 1. The van der Waals surface area contributed by atoms with Crippen LogP contribution in [-0.2, 0) is 11.4 Å². The first-order valence-corrected chi connectivity index (χ1v) is 6.33. The van der Waals surface area contributed by atoms with Crippen LogP contribution in [0.3, 0.4) is 0 Å². The molecule has 20 heavy (non-hydrogen) atoms. The summed E-state index contributed by atoms with van der Waals surface area (Å²) >= 11 is 0. The smallest absolute Gasteiger partial charge is 0.328 e. The highest BCUT2D eigenvalue weighted by Crippen LogP contribution is 2.21. The first kappa shape index (κ1) is 13.9. The van der Waals surface area contributed by atoms with Gasteiger partial charge in [-0.2, -0.15) is 0 Å². The number of rotatable bonds is 5. The van der Waals surface area contributed by atoms with Crippen molar-refractivity contribution in [1.29, 1.82) is 0 Å². The summed E-state index contributed by atoms with van der Waals surface area (Å²) in [5.74, 6) is -0.145. The Morgan fingerprint density at radius 1 is 1.20 bits per heavy atom. The lowest BCUT2D eigenvalue weighted by Crippen LogP contribution is -1.97. The Morgan fingerprint density at radius 3 is 2.60 bits per heavy atom. The SMILES string of the molecule is Cc1cc(/C=C/C(=O)O)ccc1OCc1ccccc1. The molecule has 3 heteroatoms. The Morgan fingerprint density at radius 2 is 1.95 bits per heavy atom. The number of hydrogen-bond acceptors (Lipinski definition) is 2. The first-order valence-electron chi connectivity index (χ1n) is 6.33. The number of ether oxygens (including phenoxy) is 1. The van der Waals surface area contributed by atoms with Crippen LogP contribution in [0.25, 0.3) is 6.08 Å². The summed E-state index contributed by atoms with van der Waals surface area (Å²) in [5, 5.41) is 8.60. The summed E-state index contributed by atoms with van der Waals surface area (Å²) in [6.45, 7) is 2.46. The number of carbonyl (C=O) groups is 1. The topological polar surface area (TPSA) is 46.5 Å². The molecular formula is C17H16O3. The highest BCUT2D eigenvalue weighted by Gasteiger charge is 2.01. The minimum Gasteiger partial charge on any atom is -0.489 e. The molecule has 3 nitrogen and oxygen atoms in total. The average Bonchev–Trinajstić information content (AvgIpc) is 2.45. The molecule has 2 aromatic rings. The van der Waals surface area contributed by atoms with Crippen LogP contribution in [0.1, 0.15) is 16.7 Å². The molecule has 0 atom stereocenters. The van der Waals surface area contributed by atoms with E-state index in [1.165, 1.54) is 0 Å². The average molecular weight is 268 g/mol. The predicted octanol–water partition coefficient (Wildman–Crippen LogP) is 3.67. The molecule has 0 aromatic heterocycles. The van der Waals surface area contributed by atoms with Gasteiger partial charge in [-0.1, -0.05) is 36.4 Å². The Kier molecular flexibility index (Phi) is 4.56. The van der Waals surface area contributed by atoms with Gasteiger partial charge < -0.3 is 9.84 Å². The minimum atomic E-state index is -0.952. The van der Waals surface area contributed by atoms with E-state index >= 15 is 0 Å². The zero-order chi connectivity index (χ0) is 14.4. The van der Waals surface area contributed by atoms with Crippen molar-refractivity contribution in [3.63, 3.8) is 0 Å². The summed E-state index contributed by atoms with van der Waals surface area (Å²) in [6.07, 6.45) is 2.69. The third kappa shape index (κ3) is 3.99. The molecule has 0 heterocycles. The van der Waals surface area contributed by atoms with Crippen LogP contribution in [0.15, 0.2) is 54.6 Å². The highest BCUT2D eigenvalue weighted by atomic mass is 16.5. The Bertz CT molecular complexity index is 615. The zero-order valence-corrected chi connectivity index (χ0v) is 11.2. The molecule has 1 N–H and O–H groups in total. The zero-order valence-electron chi connectivity index (χ0n) is 11.2. The molecule has 0 amide bonds. The van der Waals surface area contributed by atoms with Gasteiger partial charge in [0.25, 0.3) is 0 Å². The number of hydrogen-bond donors (Lipinski definition) is 1. The van der Waals surface area contributed by atoms with Crippen LogP contribution >= 0.6 is 0 Å². The molecule has 0 spiro atoms. The molecule has 0 fully saturated rings. The van der Waals surface area contributed by atoms with Crippen molar-refractivity contribution in [3.05, 3.63) is 71.3 Å². The maximum Gasteiger partial charge on any atom is 0.328 e. The van der Waals surface area contributed by atoms with E-state index in [0.29, 0.717) is 6.61 Å². The van der Waals surface area contributed by atoms with Gasteiger partial charge in [0.05, 0.1) is 0 Å². The summed E-state index contributed by atoms with van der Waals surface area (Å²) in [5.41, 5.74) is 2.94. The highest BCUT2D eigenvalue weighted by molar-refractivity contribution is 5.85. The van der Waals surface area contributed by atoms with Crippen molar-refractivity contribution < 1.29 is 14.6 Å². The first-order chi connectivity index (χ1) is 9.65. The van der Waals surface area contributed by atoms with Crippen molar-refractivity contribution in [2.45, 2.75) is 13.5 Å². The molecule has 0 radical (unpaired) electrons. The monoisotopic (exact) mass is 268 g/mol. The Balaban J connectivity index is 2.04. The molecule has 2 rings (SSSR count). The fourth-order valence-corrected chi connectivity index (χ4v) is 1.84. The van der Waals surface area contributed by atoms with Crippen LogP contribution in [0, 0.1) is 6.92 Å². The second-order valence-corrected chi connectivity index (χ2v) is 4.47. The van der Waals surface area contributed by atoms with Crippen LogP contribution in [0.5, 0.6) is 5.75 Å². The maximum absolute atomic E-state index is 10.5. The molecule has 2 aromatic carbocycles. The van der Waals surface area contributed by atoms with Gasteiger partial charge in [0, 0.05) is 6.08 Å². The lowest BCUT2D eigenvalue weighted by atomic mass is 10.1. The number of carboxylic acids is 1. The van der Waals surface area contributed by atoms with Crippen molar-refractivity contribution in [1.82, 2.24) is 0 Å². The van der Waals surface area contributed by atoms with E-state index in [2.05, 4.69) is 0 Å². The van der Waals surface area contributed by atoms with Crippen LogP contribution in [-0.4, -0.2) is 11.1 Å². The molecule has 0 aliphatic carbocycles. The van der Waals surface area contributed by atoms with E-state index in [1.807, 2.05) is 55.5 Å². The molecule has 0 bridgehead atoms. The maximum atomic E-state index is 10.5. The van der Waals surface area contributed by atoms with Crippen molar-refractivity contribution >= 4 is 12.0 Å². The van der Waals surface area contributed by atoms with E-state index < -0.39 is 5.97 Å². The Labute approximate surface area is 118 Å². The Hall–Kier alpha value is -2.55. The van der Waals surface area contributed by atoms with Gasteiger partial charge >= 0.3 is 5.97 Å². The van der Waals surface area contributed by atoms with Gasteiger partial charge in [-0.3, -0.25) is 0 Å². The third-order valence-electron chi connectivity index (χ3n) is 2.85. The molecular weight excluding hydrogens is 252 g/mol. The molecule has 0 saturated carbocycles. The van der Waals surface area contributed by atoms with Crippen molar-refractivity contribution in [3.8, 4) is 5.75 Å². The second kappa shape index (κ2) is 6.57. The number of aryl methyl sites for hydroxylation is 1. The van der Waals surface area contributed by atoms with E-state index in [-0.39, 0.29) is 0 Å². The fraction of sp³-hybridized carbons (Fsp3) is 0.118. The minimum absolute atomic E-state index is 0.520. The van der Waals surface area contributed by atoms with Gasteiger partial charge in [-0.25, -0.2) is 4.79 Å². The largest absolute Gasteiger partial charge is 0.489 e. The quantitative estimate of drug-likeness (QED) is 0.841. The third-order valence-corrected chi connectivity index (χ3v) is 2.85. The van der Waals surface area contributed by atoms with Crippen LogP contribution in [0.2, 0.25) is 0 Å². The standard InChI is InChI=1S/C17H16O3/c1-13-11-14(8-10-17(18)19)7-9-16(13)20-12-15-5-3-2-4-6-15/h2-11H,12H2,1H3,(H,18,19)/b10-8+. The summed E-state index contributed by atoms with van der Waals surface area (Å²) < 4.78 is 5.76. The summed E-state index contributed by atoms with van der Waals surface area (Å²) in [4.78, 5) is 10.5. The summed E-state index contributed by atoms with van der Waals surface area (Å²) in [6, 6.07) is 15.6. The van der Waals surface area contributed by atoms with Crippen LogP contribution < -0.4 is 4.74 Å². The van der Waals surface area contributed by atoms with Gasteiger partial charge in [0.15, 0.2) is 0 Å². The molecule has 0 saturated heterocycles. The van der Waals surface area contributed by atoms with E-state index in [4.69, 9.17) is 9.84 Å². The molecule has 0 aliphatic heterocycles. The number of carboxylic acid groups (broad SMARTS) is 1. The van der Waals surface area contributed by atoms with Gasteiger partial charge in [-0.05, 0) is 41.8 Å². The predicted molar refractivity (Wildman–Crippen MR) is 78.6 cm³/mol. The normalized spacial score (nSPS) is 10.7. The van der Waals surface area contributed by atoms with E-state index in [0.717, 1.165) is 28.5 Å². The van der Waals surface area contributed by atoms with Gasteiger partial charge in [0.2, 0.25) is 0 Å². The lowest BCUT2D eigenvalue weighted by Gasteiger charge is -2.09. The van der Waals surface area contributed by atoms with E-state index in [1.54, 1.807) is 6.08 Å². The molecule has 0 aliphatic rings. The molecule has 102 valence electrons.